The molecule has 0 radical (unpaired) electrons. The third-order valence-electron chi connectivity index (χ3n) is 3.85. The van der Waals surface area contributed by atoms with Crippen LogP contribution in [0.4, 0.5) is 0 Å². The van der Waals surface area contributed by atoms with Gasteiger partial charge in [0.25, 0.3) is 5.78 Å². The number of hydrogen-bond donors (Lipinski definition) is 0. The molecule has 0 amide bonds. The first-order chi connectivity index (χ1) is 12.0. The van der Waals surface area contributed by atoms with Gasteiger partial charge in [0, 0.05) is 22.5 Å². The molecule has 0 saturated carbocycles. The van der Waals surface area contributed by atoms with Gasteiger partial charge in [-0.2, -0.15) is 10.1 Å². The lowest BCUT2D eigenvalue weighted by Crippen LogP contribution is -2.18. The van der Waals surface area contributed by atoms with Crippen LogP contribution >= 0.6 is 11.6 Å². The molecule has 7 nitrogen and oxygen atoms in total. The highest BCUT2D eigenvalue weighted by molar-refractivity contribution is 6.34. The minimum Gasteiger partial charge on any atom is -0.457 e. The van der Waals surface area contributed by atoms with E-state index in [4.69, 9.17) is 16.3 Å². The number of benzene rings is 1. The van der Waals surface area contributed by atoms with Crippen LogP contribution in [0.2, 0.25) is 5.02 Å². The van der Waals surface area contributed by atoms with Crippen LogP contribution in [-0.4, -0.2) is 37.9 Å². The number of rotatable bonds is 5. The predicted octanol–water partition coefficient (Wildman–Crippen LogP) is 2.36. The number of aromatic nitrogens is 4. The van der Waals surface area contributed by atoms with Crippen LogP contribution in [-0.2, 0) is 16.0 Å². The number of halogens is 1. The van der Waals surface area contributed by atoms with E-state index in [9.17, 15) is 9.59 Å². The number of Topliss-reactive ketones (excluding diaryl/α,β-unsaturated/α-hetero) is 1. The zero-order chi connectivity index (χ0) is 18.0. The molecule has 2 aromatic heterocycles. The van der Waals surface area contributed by atoms with Crippen molar-refractivity contribution in [3.05, 3.63) is 58.1 Å². The summed E-state index contributed by atoms with van der Waals surface area (Å²) in [5.74, 6) is -0.397. The highest BCUT2D eigenvalue weighted by Crippen LogP contribution is 2.16. The van der Waals surface area contributed by atoms with Crippen molar-refractivity contribution in [3.63, 3.8) is 0 Å². The Bertz CT molecular complexity index is 968. The molecule has 0 saturated heterocycles. The number of esters is 1. The molecule has 0 bridgehead atoms. The highest BCUT2D eigenvalue weighted by Gasteiger charge is 2.17. The fourth-order valence-electron chi connectivity index (χ4n) is 2.52. The number of nitrogens with zero attached hydrogens (tertiary/aromatic N) is 4. The average molecular weight is 359 g/mol. The maximum absolute atomic E-state index is 12.1. The Hall–Kier alpha value is -2.80. The van der Waals surface area contributed by atoms with Crippen LogP contribution in [0.15, 0.2) is 30.6 Å². The van der Waals surface area contributed by atoms with E-state index in [2.05, 4.69) is 15.1 Å². The number of ketones is 1. The fraction of sp³-hybridized carbons (Fsp3) is 0.235. The summed E-state index contributed by atoms with van der Waals surface area (Å²) < 4.78 is 6.66. The molecule has 0 atom stereocenters. The number of carbonyl (C=O) groups is 2. The Morgan fingerprint density at radius 1 is 1.24 bits per heavy atom. The maximum atomic E-state index is 12.1. The smallest absolute Gasteiger partial charge is 0.310 e. The van der Waals surface area contributed by atoms with E-state index in [0.717, 1.165) is 5.69 Å². The van der Waals surface area contributed by atoms with E-state index in [0.29, 0.717) is 27.6 Å². The van der Waals surface area contributed by atoms with Crippen LogP contribution in [0.1, 0.15) is 27.3 Å². The van der Waals surface area contributed by atoms with Crippen LogP contribution < -0.4 is 0 Å². The molecule has 0 fully saturated rings. The van der Waals surface area contributed by atoms with Gasteiger partial charge in [-0.3, -0.25) is 9.59 Å². The molecule has 0 N–H and O–H groups in total. The summed E-state index contributed by atoms with van der Waals surface area (Å²) in [7, 11) is 0. The molecule has 8 heteroatoms. The van der Waals surface area contributed by atoms with Crippen molar-refractivity contribution in [2.45, 2.75) is 20.3 Å². The van der Waals surface area contributed by atoms with Crippen molar-refractivity contribution < 1.29 is 14.3 Å². The lowest BCUT2D eigenvalue weighted by molar-refractivity contribution is -0.141. The SMILES string of the molecule is Cc1nc2ncnn2c(C)c1CC(=O)OCC(=O)c1ccccc1Cl. The van der Waals surface area contributed by atoms with Crippen molar-refractivity contribution in [2.75, 3.05) is 6.61 Å². The lowest BCUT2D eigenvalue weighted by Gasteiger charge is -2.10. The minimum atomic E-state index is -0.520. The summed E-state index contributed by atoms with van der Waals surface area (Å²) in [5, 5.41) is 4.40. The zero-order valence-electron chi connectivity index (χ0n) is 13.7. The molecule has 128 valence electrons. The summed E-state index contributed by atoms with van der Waals surface area (Å²) in [4.78, 5) is 32.6. The first-order valence-corrected chi connectivity index (χ1v) is 7.94. The summed E-state index contributed by atoms with van der Waals surface area (Å²) in [6, 6.07) is 6.63. The van der Waals surface area contributed by atoms with Gasteiger partial charge in [0.05, 0.1) is 11.4 Å². The van der Waals surface area contributed by atoms with Crippen molar-refractivity contribution >= 4 is 29.1 Å². The molecule has 0 aliphatic heterocycles. The second-order valence-corrected chi connectivity index (χ2v) is 5.88. The zero-order valence-corrected chi connectivity index (χ0v) is 14.4. The molecule has 3 rings (SSSR count). The van der Waals surface area contributed by atoms with Crippen LogP contribution in [0, 0.1) is 13.8 Å². The van der Waals surface area contributed by atoms with Crippen LogP contribution in [0.5, 0.6) is 0 Å². The number of hydrogen-bond acceptors (Lipinski definition) is 6. The number of ether oxygens (including phenoxy) is 1. The Morgan fingerprint density at radius 2 is 2.00 bits per heavy atom. The van der Waals surface area contributed by atoms with Crippen molar-refractivity contribution in [1.82, 2.24) is 19.6 Å². The van der Waals surface area contributed by atoms with Crippen molar-refractivity contribution in [3.8, 4) is 0 Å². The van der Waals surface area contributed by atoms with Gasteiger partial charge in [-0.05, 0) is 26.0 Å². The Balaban J connectivity index is 1.69. The van der Waals surface area contributed by atoms with Gasteiger partial charge in [0.2, 0.25) is 5.78 Å². The molecule has 0 aliphatic rings. The number of fused-ring (bicyclic) bond motifs is 1. The normalized spacial score (nSPS) is 10.8. The molecular formula is C17H15ClN4O3. The van der Waals surface area contributed by atoms with E-state index >= 15 is 0 Å². The molecule has 1 aromatic carbocycles. The Morgan fingerprint density at radius 3 is 2.76 bits per heavy atom. The van der Waals surface area contributed by atoms with Crippen molar-refractivity contribution in [2.24, 2.45) is 0 Å². The third-order valence-corrected chi connectivity index (χ3v) is 4.18. The molecule has 0 unspecified atom stereocenters. The van der Waals surface area contributed by atoms with Gasteiger partial charge < -0.3 is 4.74 Å². The summed E-state index contributed by atoms with van der Waals surface area (Å²) in [6.45, 7) is 3.26. The minimum absolute atomic E-state index is 0.00370. The molecule has 0 spiro atoms. The maximum Gasteiger partial charge on any atom is 0.310 e. The van der Waals surface area contributed by atoms with E-state index < -0.39 is 5.97 Å². The molecule has 0 aliphatic carbocycles. The van der Waals surface area contributed by atoms with Crippen molar-refractivity contribution in [1.29, 1.82) is 0 Å². The van der Waals surface area contributed by atoms with E-state index in [1.165, 1.54) is 6.33 Å². The quantitative estimate of drug-likeness (QED) is 0.514. The standard InChI is InChI=1S/C17H15ClN4O3/c1-10-13(11(2)22-17(21-10)19-9-20-22)7-16(24)25-8-15(23)12-5-3-4-6-14(12)18/h3-6,9H,7-8H2,1-2H3. The number of aryl methyl sites for hydroxylation is 2. The topological polar surface area (TPSA) is 86.4 Å². The second kappa shape index (κ2) is 6.98. The second-order valence-electron chi connectivity index (χ2n) is 5.47. The number of carbonyl (C=O) groups excluding carboxylic acids is 2. The Labute approximate surface area is 148 Å². The van der Waals surface area contributed by atoms with E-state index in [1.54, 1.807) is 35.7 Å². The molecule has 2 heterocycles. The molecule has 25 heavy (non-hydrogen) atoms. The lowest BCUT2D eigenvalue weighted by atomic mass is 10.1. The predicted molar refractivity (Wildman–Crippen MR) is 90.7 cm³/mol. The van der Waals surface area contributed by atoms with Gasteiger partial charge in [0.1, 0.15) is 6.33 Å². The first-order valence-electron chi connectivity index (χ1n) is 7.56. The van der Waals surface area contributed by atoms with Gasteiger partial charge in [-0.15, -0.1) is 0 Å². The van der Waals surface area contributed by atoms with E-state index in [1.807, 2.05) is 6.92 Å². The highest BCUT2D eigenvalue weighted by atomic mass is 35.5. The largest absolute Gasteiger partial charge is 0.457 e. The Kier molecular flexibility index (Phi) is 4.76. The summed E-state index contributed by atoms with van der Waals surface area (Å²) in [6.07, 6.45) is 1.40. The molecule has 3 aromatic rings. The van der Waals surface area contributed by atoms with Gasteiger partial charge in [0.15, 0.2) is 6.61 Å². The van der Waals surface area contributed by atoms with Gasteiger partial charge in [-0.1, -0.05) is 23.7 Å². The average Bonchev–Trinajstić information content (AvgIpc) is 3.05. The summed E-state index contributed by atoms with van der Waals surface area (Å²) in [5.41, 5.74) is 2.46. The monoisotopic (exact) mass is 358 g/mol. The first kappa shape index (κ1) is 17.0. The van der Waals surface area contributed by atoms with Gasteiger partial charge >= 0.3 is 5.97 Å². The summed E-state index contributed by atoms with van der Waals surface area (Å²) >= 11 is 5.97. The van der Waals surface area contributed by atoms with E-state index in [-0.39, 0.29) is 18.8 Å². The van der Waals surface area contributed by atoms with Gasteiger partial charge in [-0.25, -0.2) is 9.50 Å². The van der Waals surface area contributed by atoms with Crippen LogP contribution in [0.25, 0.3) is 5.78 Å². The third kappa shape index (κ3) is 3.51. The molecular weight excluding hydrogens is 344 g/mol. The van der Waals surface area contributed by atoms with Crippen LogP contribution in [0.3, 0.4) is 0 Å². The fourth-order valence-corrected chi connectivity index (χ4v) is 2.76.